The SMILES string of the molecule is CCCCC(N)c1ccc2c(c1)OCO2. The van der Waals surface area contributed by atoms with Crippen molar-refractivity contribution < 1.29 is 9.47 Å². The smallest absolute Gasteiger partial charge is 0.231 e. The van der Waals surface area contributed by atoms with Crippen LogP contribution in [0.15, 0.2) is 18.2 Å². The standard InChI is InChI=1S/C12H17NO2/c1-2-3-4-10(13)9-5-6-11-12(7-9)15-8-14-11/h5-7,10H,2-4,8,13H2,1H3. The van der Waals surface area contributed by atoms with Crippen LogP contribution in [0.1, 0.15) is 37.8 Å². The first-order valence-corrected chi connectivity index (χ1v) is 5.46. The number of benzene rings is 1. The number of unbranched alkanes of at least 4 members (excludes halogenated alkanes) is 1. The van der Waals surface area contributed by atoms with Gasteiger partial charge in [-0.05, 0) is 24.1 Å². The number of hydrogen-bond acceptors (Lipinski definition) is 3. The van der Waals surface area contributed by atoms with Gasteiger partial charge in [-0.25, -0.2) is 0 Å². The molecule has 15 heavy (non-hydrogen) atoms. The molecular weight excluding hydrogens is 190 g/mol. The van der Waals surface area contributed by atoms with E-state index in [1.54, 1.807) is 0 Å². The first-order valence-electron chi connectivity index (χ1n) is 5.46. The Labute approximate surface area is 90.2 Å². The van der Waals surface area contributed by atoms with Gasteiger partial charge in [-0.1, -0.05) is 25.8 Å². The van der Waals surface area contributed by atoms with E-state index in [0.717, 1.165) is 29.9 Å². The molecule has 0 radical (unpaired) electrons. The van der Waals surface area contributed by atoms with Gasteiger partial charge in [0.05, 0.1) is 0 Å². The highest BCUT2D eigenvalue weighted by molar-refractivity contribution is 5.45. The molecule has 1 atom stereocenters. The minimum atomic E-state index is 0.111. The number of ether oxygens (including phenoxy) is 2. The molecule has 2 N–H and O–H groups in total. The van der Waals surface area contributed by atoms with E-state index in [-0.39, 0.29) is 6.04 Å². The molecule has 3 heteroatoms. The van der Waals surface area contributed by atoms with Gasteiger partial charge in [-0.15, -0.1) is 0 Å². The number of fused-ring (bicyclic) bond motifs is 1. The Morgan fingerprint density at radius 1 is 1.33 bits per heavy atom. The van der Waals surface area contributed by atoms with E-state index in [1.165, 1.54) is 6.42 Å². The van der Waals surface area contributed by atoms with E-state index in [2.05, 4.69) is 6.92 Å². The van der Waals surface area contributed by atoms with Crippen LogP contribution in [0, 0.1) is 0 Å². The Kier molecular flexibility index (Phi) is 3.11. The molecular formula is C12H17NO2. The second kappa shape index (κ2) is 4.53. The van der Waals surface area contributed by atoms with Crippen molar-refractivity contribution in [2.75, 3.05) is 6.79 Å². The zero-order valence-electron chi connectivity index (χ0n) is 9.03. The Bertz CT molecular complexity index is 338. The van der Waals surface area contributed by atoms with Crippen LogP contribution in [0.2, 0.25) is 0 Å². The summed E-state index contributed by atoms with van der Waals surface area (Å²) < 4.78 is 10.6. The lowest BCUT2D eigenvalue weighted by Crippen LogP contribution is -2.09. The molecule has 1 aromatic rings. The summed E-state index contributed by atoms with van der Waals surface area (Å²) in [7, 11) is 0. The fraction of sp³-hybridized carbons (Fsp3) is 0.500. The normalized spacial score (nSPS) is 15.3. The van der Waals surface area contributed by atoms with Crippen molar-refractivity contribution in [3.8, 4) is 11.5 Å². The topological polar surface area (TPSA) is 44.5 Å². The Balaban J connectivity index is 2.08. The Hall–Kier alpha value is -1.22. The van der Waals surface area contributed by atoms with Crippen LogP contribution in [0.5, 0.6) is 11.5 Å². The fourth-order valence-corrected chi connectivity index (χ4v) is 1.73. The molecule has 0 fully saturated rings. The third kappa shape index (κ3) is 2.23. The lowest BCUT2D eigenvalue weighted by Gasteiger charge is -2.11. The first-order chi connectivity index (χ1) is 7.31. The molecule has 1 aliphatic heterocycles. The van der Waals surface area contributed by atoms with Gasteiger partial charge in [0.15, 0.2) is 11.5 Å². The maximum atomic E-state index is 6.08. The van der Waals surface area contributed by atoms with Gasteiger partial charge in [-0.3, -0.25) is 0 Å². The molecule has 2 rings (SSSR count). The monoisotopic (exact) mass is 207 g/mol. The summed E-state index contributed by atoms with van der Waals surface area (Å²) in [4.78, 5) is 0. The van der Waals surface area contributed by atoms with Gasteiger partial charge >= 0.3 is 0 Å². The maximum Gasteiger partial charge on any atom is 0.231 e. The molecule has 0 amide bonds. The zero-order chi connectivity index (χ0) is 10.7. The number of hydrogen-bond donors (Lipinski definition) is 1. The molecule has 1 aromatic carbocycles. The Morgan fingerprint density at radius 2 is 2.13 bits per heavy atom. The Morgan fingerprint density at radius 3 is 2.93 bits per heavy atom. The first kappa shape index (κ1) is 10.3. The van der Waals surface area contributed by atoms with Gasteiger partial charge in [0.1, 0.15) is 0 Å². The number of rotatable bonds is 4. The molecule has 82 valence electrons. The second-order valence-corrected chi connectivity index (χ2v) is 3.86. The highest BCUT2D eigenvalue weighted by Gasteiger charge is 2.15. The van der Waals surface area contributed by atoms with Crippen molar-refractivity contribution in [1.82, 2.24) is 0 Å². The summed E-state index contributed by atoms with van der Waals surface area (Å²) in [5, 5.41) is 0. The fourth-order valence-electron chi connectivity index (χ4n) is 1.73. The van der Waals surface area contributed by atoms with Gasteiger partial charge in [0.25, 0.3) is 0 Å². The highest BCUT2D eigenvalue weighted by atomic mass is 16.7. The zero-order valence-corrected chi connectivity index (χ0v) is 9.03. The van der Waals surface area contributed by atoms with E-state index in [1.807, 2.05) is 18.2 Å². The van der Waals surface area contributed by atoms with Crippen molar-refractivity contribution in [3.63, 3.8) is 0 Å². The van der Waals surface area contributed by atoms with Crippen molar-refractivity contribution in [2.24, 2.45) is 5.73 Å². The summed E-state index contributed by atoms with van der Waals surface area (Å²) >= 11 is 0. The summed E-state index contributed by atoms with van der Waals surface area (Å²) in [6, 6.07) is 6.06. The van der Waals surface area contributed by atoms with Gasteiger partial charge in [0.2, 0.25) is 6.79 Å². The maximum absolute atomic E-state index is 6.08. The second-order valence-electron chi connectivity index (χ2n) is 3.86. The lowest BCUT2D eigenvalue weighted by atomic mass is 10.0. The third-order valence-electron chi connectivity index (χ3n) is 2.69. The van der Waals surface area contributed by atoms with Crippen molar-refractivity contribution in [2.45, 2.75) is 32.2 Å². The van der Waals surface area contributed by atoms with E-state index in [0.29, 0.717) is 6.79 Å². The predicted molar refractivity (Wildman–Crippen MR) is 59.0 cm³/mol. The lowest BCUT2D eigenvalue weighted by molar-refractivity contribution is 0.174. The predicted octanol–water partition coefficient (Wildman–Crippen LogP) is 2.61. The molecule has 3 nitrogen and oxygen atoms in total. The van der Waals surface area contributed by atoms with E-state index in [9.17, 15) is 0 Å². The molecule has 1 aliphatic rings. The average molecular weight is 207 g/mol. The van der Waals surface area contributed by atoms with E-state index >= 15 is 0 Å². The van der Waals surface area contributed by atoms with Crippen molar-refractivity contribution in [3.05, 3.63) is 23.8 Å². The van der Waals surface area contributed by atoms with Crippen LogP contribution in [0.3, 0.4) is 0 Å². The van der Waals surface area contributed by atoms with Crippen molar-refractivity contribution >= 4 is 0 Å². The van der Waals surface area contributed by atoms with E-state index < -0.39 is 0 Å². The third-order valence-corrected chi connectivity index (χ3v) is 2.69. The number of nitrogens with two attached hydrogens (primary N) is 1. The van der Waals surface area contributed by atoms with Gasteiger partial charge < -0.3 is 15.2 Å². The molecule has 0 saturated heterocycles. The largest absolute Gasteiger partial charge is 0.454 e. The molecule has 0 bridgehead atoms. The molecule has 1 heterocycles. The summed E-state index contributed by atoms with van der Waals surface area (Å²) in [5.74, 6) is 1.64. The van der Waals surface area contributed by atoms with Crippen LogP contribution >= 0.6 is 0 Å². The van der Waals surface area contributed by atoms with Gasteiger partial charge in [0, 0.05) is 6.04 Å². The molecule has 0 spiro atoms. The quantitative estimate of drug-likeness (QED) is 0.825. The molecule has 0 aromatic heterocycles. The molecule has 1 unspecified atom stereocenters. The summed E-state index contributed by atoms with van der Waals surface area (Å²) in [6.45, 7) is 2.50. The summed E-state index contributed by atoms with van der Waals surface area (Å²) in [5.41, 5.74) is 7.21. The average Bonchev–Trinajstić information content (AvgIpc) is 2.72. The minimum Gasteiger partial charge on any atom is -0.454 e. The van der Waals surface area contributed by atoms with Crippen molar-refractivity contribution in [1.29, 1.82) is 0 Å². The van der Waals surface area contributed by atoms with Crippen LogP contribution in [-0.4, -0.2) is 6.79 Å². The summed E-state index contributed by atoms with van der Waals surface area (Å²) in [6.07, 6.45) is 3.37. The van der Waals surface area contributed by atoms with Gasteiger partial charge in [-0.2, -0.15) is 0 Å². The van der Waals surface area contributed by atoms with Crippen LogP contribution in [0.4, 0.5) is 0 Å². The van der Waals surface area contributed by atoms with E-state index in [4.69, 9.17) is 15.2 Å². The molecule has 0 aliphatic carbocycles. The van der Waals surface area contributed by atoms with Crippen LogP contribution < -0.4 is 15.2 Å². The highest BCUT2D eigenvalue weighted by Crippen LogP contribution is 2.34. The van der Waals surface area contributed by atoms with Crippen LogP contribution in [0.25, 0.3) is 0 Å². The van der Waals surface area contributed by atoms with Crippen LogP contribution in [-0.2, 0) is 0 Å². The minimum absolute atomic E-state index is 0.111. The molecule has 0 saturated carbocycles.